The van der Waals surface area contributed by atoms with Gasteiger partial charge >= 0.3 is 5.57 Å². The van der Waals surface area contributed by atoms with E-state index in [4.69, 9.17) is 11.6 Å². The molecule has 1 aliphatic rings. The zero-order valence-corrected chi connectivity index (χ0v) is 19.5. The predicted octanol–water partition coefficient (Wildman–Crippen LogP) is 4.77. The molecular weight excluding hydrogens is 472 g/mol. The molecule has 1 saturated heterocycles. The van der Waals surface area contributed by atoms with Crippen LogP contribution in [0.3, 0.4) is 0 Å². The molecule has 33 heavy (non-hydrogen) atoms. The summed E-state index contributed by atoms with van der Waals surface area (Å²) < 4.78 is 34.0. The van der Waals surface area contributed by atoms with Crippen molar-refractivity contribution < 1.29 is 18.3 Å². The Labute approximate surface area is 199 Å². The zero-order valence-electron chi connectivity index (χ0n) is 18.0. The van der Waals surface area contributed by atoms with Crippen molar-refractivity contribution in [3.63, 3.8) is 0 Å². The second kappa shape index (κ2) is 9.58. The van der Waals surface area contributed by atoms with Crippen molar-refractivity contribution >= 4 is 40.5 Å². The Morgan fingerprint density at radius 3 is 2.67 bits per heavy atom. The summed E-state index contributed by atoms with van der Waals surface area (Å²) in [5, 5.41) is 2.74. The fourth-order valence-corrected chi connectivity index (χ4v) is 4.36. The first-order valence-electron chi connectivity index (χ1n) is 10.2. The van der Waals surface area contributed by atoms with Crippen LogP contribution in [0.25, 0.3) is 10.4 Å². The van der Waals surface area contributed by atoms with Crippen LogP contribution in [0.2, 0.25) is 0 Å². The molecule has 1 aromatic carbocycles. The Kier molecular flexibility index (Phi) is 6.78. The van der Waals surface area contributed by atoms with Gasteiger partial charge in [0.25, 0.3) is 5.91 Å². The lowest BCUT2D eigenvalue weighted by Crippen LogP contribution is -2.32. The van der Waals surface area contributed by atoms with Crippen LogP contribution in [-0.2, 0) is 0 Å². The van der Waals surface area contributed by atoms with Gasteiger partial charge in [-0.05, 0) is 68.4 Å². The van der Waals surface area contributed by atoms with Crippen molar-refractivity contribution in [3.8, 4) is 16.2 Å². The van der Waals surface area contributed by atoms with Crippen LogP contribution in [0.5, 0.6) is 5.75 Å². The monoisotopic (exact) mass is 493 g/mol. The number of ether oxygens (including phenoxy) is 1. The van der Waals surface area contributed by atoms with E-state index in [9.17, 15) is 13.6 Å². The van der Waals surface area contributed by atoms with Gasteiger partial charge in [-0.2, -0.15) is 0 Å². The van der Waals surface area contributed by atoms with Gasteiger partial charge in [-0.1, -0.05) is 0 Å². The first-order valence-corrected chi connectivity index (χ1v) is 11.3. The van der Waals surface area contributed by atoms with Crippen molar-refractivity contribution in [1.29, 1.82) is 0 Å². The standard InChI is InChI=1S/C22H22ClF2N5O2S/c1-29(2)16-8-10-30(13-16)20-18(19-7-9-27-33-19)11-14(12-26-20)21(31)28-15-3-5-17(6-4-15)32-22(23,24)25/h3-7,9,11-12,16H,8,10,13H2,1-2H3,(H,28,31). The molecular formula is C22H22ClF2N5O2S. The maximum Gasteiger partial charge on any atom is 0.487 e. The molecule has 4 rings (SSSR count). The van der Waals surface area contributed by atoms with E-state index in [2.05, 4.69) is 43.3 Å². The zero-order chi connectivity index (χ0) is 23.6. The highest BCUT2D eigenvalue weighted by molar-refractivity contribution is 7.09. The number of alkyl halides is 3. The van der Waals surface area contributed by atoms with Crippen molar-refractivity contribution in [1.82, 2.24) is 14.3 Å². The van der Waals surface area contributed by atoms with E-state index < -0.39 is 5.57 Å². The lowest BCUT2D eigenvalue weighted by Gasteiger charge is -2.23. The average Bonchev–Trinajstić information content (AvgIpc) is 3.46. The van der Waals surface area contributed by atoms with Gasteiger partial charge < -0.3 is 19.9 Å². The molecule has 0 bridgehead atoms. The van der Waals surface area contributed by atoms with E-state index >= 15 is 0 Å². The minimum atomic E-state index is -3.80. The van der Waals surface area contributed by atoms with Crippen LogP contribution in [-0.4, -0.2) is 59.0 Å². The Hall–Kier alpha value is -2.82. The normalized spacial score (nSPS) is 16.3. The molecule has 11 heteroatoms. The summed E-state index contributed by atoms with van der Waals surface area (Å²) in [6, 6.07) is 9.64. The van der Waals surface area contributed by atoms with E-state index in [1.54, 1.807) is 18.5 Å². The quantitative estimate of drug-likeness (QED) is 0.478. The molecule has 3 aromatic rings. The lowest BCUT2D eigenvalue weighted by atomic mass is 10.1. The van der Waals surface area contributed by atoms with Gasteiger partial charge in [0, 0.05) is 54.4 Å². The minimum absolute atomic E-state index is 0.117. The molecule has 1 unspecified atom stereocenters. The third-order valence-electron chi connectivity index (χ3n) is 5.37. The van der Waals surface area contributed by atoms with Crippen LogP contribution in [0.4, 0.5) is 20.3 Å². The summed E-state index contributed by atoms with van der Waals surface area (Å²) in [5.74, 6) is 0.334. The van der Waals surface area contributed by atoms with Gasteiger partial charge in [-0.15, -0.1) is 8.78 Å². The molecule has 1 N–H and O–H groups in total. The van der Waals surface area contributed by atoms with Crippen LogP contribution >= 0.6 is 23.1 Å². The number of halogens is 3. The fraction of sp³-hybridized carbons (Fsp3) is 0.318. The van der Waals surface area contributed by atoms with Crippen LogP contribution in [0.15, 0.2) is 48.8 Å². The molecule has 0 radical (unpaired) electrons. The number of rotatable bonds is 7. The number of benzene rings is 1. The number of hydrogen-bond donors (Lipinski definition) is 1. The van der Waals surface area contributed by atoms with Crippen LogP contribution < -0.4 is 15.0 Å². The Morgan fingerprint density at radius 1 is 1.30 bits per heavy atom. The van der Waals surface area contributed by atoms with E-state index in [1.807, 2.05) is 6.07 Å². The second-order valence-corrected chi connectivity index (χ2v) is 9.12. The van der Waals surface area contributed by atoms with Gasteiger partial charge in [0.2, 0.25) is 0 Å². The number of likely N-dealkylation sites (N-methyl/N-ethyl adjacent to an activating group) is 1. The van der Waals surface area contributed by atoms with Crippen LogP contribution in [0, 0.1) is 0 Å². The Bertz CT molecular complexity index is 1110. The summed E-state index contributed by atoms with van der Waals surface area (Å²) in [4.78, 5) is 22.9. The third kappa shape index (κ3) is 5.76. The molecule has 1 aliphatic heterocycles. The number of nitrogens with zero attached hydrogens (tertiary/aromatic N) is 4. The number of carbonyl (C=O) groups excluding carboxylic acids is 1. The van der Waals surface area contributed by atoms with Crippen molar-refractivity contribution in [2.75, 3.05) is 37.4 Å². The van der Waals surface area contributed by atoms with E-state index in [0.717, 1.165) is 35.8 Å². The summed E-state index contributed by atoms with van der Waals surface area (Å²) in [7, 11) is 4.14. The lowest BCUT2D eigenvalue weighted by molar-refractivity contribution is -0.0964. The van der Waals surface area contributed by atoms with Crippen molar-refractivity contribution in [3.05, 3.63) is 54.4 Å². The molecule has 0 spiro atoms. The minimum Gasteiger partial charge on any atom is -0.420 e. The molecule has 174 valence electrons. The van der Waals surface area contributed by atoms with E-state index in [1.165, 1.54) is 35.8 Å². The predicted molar refractivity (Wildman–Crippen MR) is 125 cm³/mol. The second-order valence-electron chi connectivity index (χ2n) is 7.85. The highest BCUT2D eigenvalue weighted by Gasteiger charge is 2.28. The van der Waals surface area contributed by atoms with Gasteiger partial charge in [0.1, 0.15) is 11.6 Å². The molecule has 2 aromatic heterocycles. The Morgan fingerprint density at radius 2 is 2.06 bits per heavy atom. The Balaban J connectivity index is 1.55. The van der Waals surface area contributed by atoms with Crippen LogP contribution in [0.1, 0.15) is 16.8 Å². The average molecular weight is 494 g/mol. The van der Waals surface area contributed by atoms with Crippen molar-refractivity contribution in [2.24, 2.45) is 0 Å². The highest BCUT2D eigenvalue weighted by Crippen LogP contribution is 2.34. The largest absolute Gasteiger partial charge is 0.487 e. The SMILES string of the molecule is CN(C)C1CCN(c2ncc(C(=O)Nc3ccc(OC(F)(F)Cl)cc3)cc2-c2ccns2)C1. The van der Waals surface area contributed by atoms with E-state index in [-0.39, 0.29) is 11.7 Å². The molecule has 3 heterocycles. The first-order chi connectivity index (χ1) is 15.7. The summed E-state index contributed by atoms with van der Waals surface area (Å²) in [5.41, 5.74) is -2.16. The summed E-state index contributed by atoms with van der Waals surface area (Å²) >= 11 is 6.11. The van der Waals surface area contributed by atoms with Gasteiger partial charge in [-0.25, -0.2) is 9.36 Å². The molecule has 1 amide bonds. The fourth-order valence-electron chi connectivity index (χ4n) is 3.67. The number of aromatic nitrogens is 2. The summed E-state index contributed by atoms with van der Waals surface area (Å²) in [6.07, 6.45) is 4.30. The maximum absolute atomic E-state index is 12.9. The molecule has 7 nitrogen and oxygen atoms in total. The topological polar surface area (TPSA) is 70.6 Å². The van der Waals surface area contributed by atoms with Gasteiger partial charge in [0.15, 0.2) is 0 Å². The summed E-state index contributed by atoms with van der Waals surface area (Å²) in [6.45, 7) is 1.73. The van der Waals surface area contributed by atoms with Gasteiger partial charge in [-0.3, -0.25) is 4.79 Å². The molecule has 1 atom stereocenters. The molecule has 0 aliphatic carbocycles. The smallest absolute Gasteiger partial charge is 0.420 e. The number of carbonyl (C=O) groups is 1. The number of amides is 1. The number of pyridine rings is 1. The number of anilines is 2. The molecule has 1 fully saturated rings. The maximum atomic E-state index is 12.9. The molecule has 0 saturated carbocycles. The van der Waals surface area contributed by atoms with E-state index in [0.29, 0.717) is 17.3 Å². The first kappa shape index (κ1) is 23.3. The number of nitrogens with one attached hydrogen (secondary N) is 1. The van der Waals surface area contributed by atoms with Crippen molar-refractivity contribution in [2.45, 2.75) is 18.0 Å². The number of hydrogen-bond acceptors (Lipinski definition) is 7. The highest BCUT2D eigenvalue weighted by atomic mass is 35.5. The third-order valence-corrected chi connectivity index (χ3v) is 6.23. The van der Waals surface area contributed by atoms with Gasteiger partial charge in [0.05, 0.1) is 10.4 Å².